The van der Waals surface area contributed by atoms with Crippen molar-refractivity contribution in [3.8, 4) is 6.07 Å². The van der Waals surface area contributed by atoms with Crippen LogP contribution in [-0.2, 0) is 5.75 Å². The summed E-state index contributed by atoms with van der Waals surface area (Å²) in [5, 5.41) is 13.0. The third-order valence-corrected chi connectivity index (χ3v) is 5.04. The maximum Gasteiger partial charge on any atom is 0.291 e. The zero-order valence-corrected chi connectivity index (χ0v) is 15.7. The Labute approximate surface area is 169 Å². The second-order valence-corrected chi connectivity index (χ2v) is 6.93. The van der Waals surface area contributed by atoms with Crippen LogP contribution in [0.25, 0.3) is 11.0 Å². The first-order chi connectivity index (χ1) is 14.2. The van der Waals surface area contributed by atoms with Gasteiger partial charge in [0.15, 0.2) is 10.9 Å². The Morgan fingerprint density at radius 2 is 1.97 bits per heavy atom. The fraction of sp³-hybridized carbons (Fsp3) is 0.0476. The number of carbonyl (C=O) groups is 1. The number of carbonyl (C=O) groups excluding carboxylic acids is 1. The first-order valence-electron chi connectivity index (χ1n) is 8.57. The molecule has 0 aliphatic heterocycles. The van der Waals surface area contributed by atoms with E-state index in [9.17, 15) is 9.18 Å². The zero-order chi connectivity index (χ0) is 20.2. The lowest BCUT2D eigenvalue weighted by Gasteiger charge is -2.06. The van der Waals surface area contributed by atoms with Gasteiger partial charge in [-0.2, -0.15) is 5.26 Å². The summed E-state index contributed by atoms with van der Waals surface area (Å²) in [6.07, 6.45) is 3.30. The Balaban J connectivity index is 1.65. The van der Waals surface area contributed by atoms with Gasteiger partial charge in [0.25, 0.3) is 5.91 Å². The lowest BCUT2D eigenvalue weighted by atomic mass is 10.1. The van der Waals surface area contributed by atoms with Crippen LogP contribution in [-0.4, -0.2) is 15.9 Å². The number of nitrogens with zero attached hydrogens (tertiary/aromatic N) is 3. The molecule has 4 aromatic rings. The fourth-order valence-electron chi connectivity index (χ4n) is 2.80. The molecule has 2 heterocycles. The van der Waals surface area contributed by atoms with Gasteiger partial charge in [-0.1, -0.05) is 30.0 Å². The third kappa shape index (κ3) is 3.95. The summed E-state index contributed by atoms with van der Waals surface area (Å²) in [4.78, 5) is 21.2. The smallest absolute Gasteiger partial charge is 0.291 e. The summed E-state index contributed by atoms with van der Waals surface area (Å²) in [6, 6.07) is 14.6. The normalized spacial score (nSPS) is 10.6. The monoisotopic (exact) mass is 404 g/mol. The quantitative estimate of drug-likeness (QED) is 0.380. The highest BCUT2D eigenvalue weighted by Crippen LogP contribution is 2.31. The van der Waals surface area contributed by atoms with Crippen LogP contribution in [0.5, 0.6) is 0 Å². The number of benzene rings is 2. The summed E-state index contributed by atoms with van der Waals surface area (Å²) in [5.74, 6) is -0.552. The molecule has 0 bridgehead atoms. The van der Waals surface area contributed by atoms with Crippen molar-refractivity contribution in [2.45, 2.75) is 10.9 Å². The van der Waals surface area contributed by atoms with Gasteiger partial charge in [0, 0.05) is 34.8 Å². The van der Waals surface area contributed by atoms with E-state index in [0.29, 0.717) is 27.7 Å². The number of halogens is 1. The van der Waals surface area contributed by atoms with Crippen molar-refractivity contribution >= 4 is 34.3 Å². The minimum absolute atomic E-state index is 0.149. The predicted octanol–water partition coefficient (Wildman–Crippen LogP) is 4.78. The summed E-state index contributed by atoms with van der Waals surface area (Å²) in [6.45, 7) is 0. The van der Waals surface area contributed by atoms with Gasteiger partial charge in [-0.15, -0.1) is 0 Å². The molecule has 6 nitrogen and oxygen atoms in total. The van der Waals surface area contributed by atoms with E-state index < -0.39 is 11.7 Å². The van der Waals surface area contributed by atoms with E-state index in [1.807, 2.05) is 18.2 Å². The van der Waals surface area contributed by atoms with Crippen molar-refractivity contribution < 1.29 is 13.6 Å². The van der Waals surface area contributed by atoms with Gasteiger partial charge in [-0.3, -0.25) is 4.79 Å². The van der Waals surface area contributed by atoms with Crippen molar-refractivity contribution in [3.05, 3.63) is 83.6 Å². The second kappa shape index (κ2) is 8.12. The molecule has 0 atom stereocenters. The minimum Gasteiger partial charge on any atom is -0.451 e. The van der Waals surface area contributed by atoms with E-state index in [1.54, 1.807) is 30.6 Å². The Morgan fingerprint density at radius 3 is 2.76 bits per heavy atom. The first kappa shape index (κ1) is 18.7. The van der Waals surface area contributed by atoms with E-state index in [-0.39, 0.29) is 11.3 Å². The highest BCUT2D eigenvalue weighted by atomic mass is 32.2. The zero-order valence-electron chi connectivity index (χ0n) is 14.9. The molecule has 0 aliphatic rings. The van der Waals surface area contributed by atoms with Crippen LogP contribution in [0.2, 0.25) is 0 Å². The Hall–Kier alpha value is -3.70. The van der Waals surface area contributed by atoms with Gasteiger partial charge in [-0.25, -0.2) is 14.4 Å². The van der Waals surface area contributed by atoms with Crippen molar-refractivity contribution in [1.29, 1.82) is 5.26 Å². The van der Waals surface area contributed by atoms with E-state index in [1.165, 1.54) is 23.9 Å². The van der Waals surface area contributed by atoms with Crippen molar-refractivity contribution in [3.63, 3.8) is 0 Å². The number of thioether (sulfide) groups is 1. The Morgan fingerprint density at radius 1 is 1.17 bits per heavy atom. The first-order valence-corrected chi connectivity index (χ1v) is 9.55. The van der Waals surface area contributed by atoms with Crippen LogP contribution in [0.4, 0.5) is 10.1 Å². The second-order valence-electron chi connectivity index (χ2n) is 5.99. The predicted molar refractivity (Wildman–Crippen MR) is 107 cm³/mol. The molecule has 2 aromatic heterocycles. The molecule has 142 valence electrons. The highest BCUT2D eigenvalue weighted by molar-refractivity contribution is 7.98. The number of para-hydroxylation sites is 1. The molecule has 0 saturated carbocycles. The number of aromatic nitrogens is 2. The number of hydrogen-bond acceptors (Lipinski definition) is 6. The maximum atomic E-state index is 13.5. The molecule has 8 heteroatoms. The SMILES string of the molecule is N#Cc1cc(NC(=O)c2oc3ccccc3c2CSc2ncccn2)ccc1F. The molecule has 0 saturated heterocycles. The van der Waals surface area contributed by atoms with E-state index in [2.05, 4.69) is 15.3 Å². The molecule has 4 rings (SSSR count). The lowest BCUT2D eigenvalue weighted by molar-refractivity contribution is 0.0998. The van der Waals surface area contributed by atoms with Gasteiger partial charge < -0.3 is 9.73 Å². The van der Waals surface area contributed by atoms with Crippen molar-refractivity contribution in [2.24, 2.45) is 0 Å². The molecule has 2 aromatic carbocycles. The molecule has 0 radical (unpaired) electrons. The minimum atomic E-state index is -0.644. The van der Waals surface area contributed by atoms with Crippen molar-refractivity contribution in [1.82, 2.24) is 9.97 Å². The van der Waals surface area contributed by atoms with Crippen LogP contribution in [0.1, 0.15) is 21.7 Å². The van der Waals surface area contributed by atoms with E-state index in [4.69, 9.17) is 9.68 Å². The maximum absolute atomic E-state index is 13.5. The Bertz CT molecular complexity index is 1230. The number of anilines is 1. The summed E-state index contributed by atoms with van der Waals surface area (Å²) in [7, 11) is 0. The molecule has 29 heavy (non-hydrogen) atoms. The molecule has 0 aliphatic carbocycles. The van der Waals surface area contributed by atoms with Crippen LogP contribution in [0.3, 0.4) is 0 Å². The topological polar surface area (TPSA) is 91.8 Å². The molecule has 0 fully saturated rings. The summed E-state index contributed by atoms with van der Waals surface area (Å²) in [5.41, 5.74) is 1.44. The summed E-state index contributed by atoms with van der Waals surface area (Å²) < 4.78 is 19.3. The molecule has 1 amide bonds. The molecule has 1 N–H and O–H groups in total. The highest BCUT2D eigenvalue weighted by Gasteiger charge is 2.21. The third-order valence-electron chi connectivity index (χ3n) is 4.14. The number of rotatable bonds is 5. The van der Waals surface area contributed by atoms with Crippen LogP contribution >= 0.6 is 11.8 Å². The number of nitriles is 1. The van der Waals surface area contributed by atoms with Gasteiger partial charge in [0.1, 0.15) is 17.5 Å². The number of nitrogens with one attached hydrogen (secondary N) is 1. The van der Waals surface area contributed by atoms with Gasteiger partial charge in [0.2, 0.25) is 0 Å². The molecule has 0 unspecified atom stereocenters. The van der Waals surface area contributed by atoms with Crippen molar-refractivity contribution in [2.75, 3.05) is 5.32 Å². The lowest BCUT2D eigenvalue weighted by Crippen LogP contribution is -2.13. The Kier molecular flexibility index (Phi) is 5.22. The average Bonchev–Trinajstić information content (AvgIpc) is 3.13. The molecular weight excluding hydrogens is 391 g/mol. The van der Waals surface area contributed by atoms with Gasteiger partial charge in [-0.05, 0) is 30.3 Å². The number of furan rings is 1. The van der Waals surface area contributed by atoms with E-state index in [0.717, 1.165) is 11.5 Å². The van der Waals surface area contributed by atoms with Gasteiger partial charge >= 0.3 is 0 Å². The number of hydrogen-bond donors (Lipinski definition) is 1. The van der Waals surface area contributed by atoms with Gasteiger partial charge in [0.05, 0.1) is 5.56 Å². The van der Waals surface area contributed by atoms with Crippen LogP contribution < -0.4 is 5.32 Å². The standard InChI is InChI=1S/C21H13FN4O2S/c22-17-7-6-14(10-13(17)11-23)26-20(27)19-16(12-29-21-24-8-3-9-25-21)15-4-1-2-5-18(15)28-19/h1-10H,12H2,(H,26,27). The number of amides is 1. The fourth-order valence-corrected chi connectivity index (χ4v) is 3.63. The molecule has 0 spiro atoms. The van der Waals surface area contributed by atoms with Crippen LogP contribution in [0, 0.1) is 17.1 Å². The van der Waals surface area contributed by atoms with E-state index >= 15 is 0 Å². The largest absolute Gasteiger partial charge is 0.451 e. The summed E-state index contributed by atoms with van der Waals surface area (Å²) >= 11 is 1.38. The average molecular weight is 404 g/mol. The number of fused-ring (bicyclic) bond motifs is 1. The molecular formula is C21H13FN4O2S. The van der Waals surface area contributed by atoms with Crippen LogP contribution in [0.15, 0.2) is 70.5 Å².